The van der Waals surface area contributed by atoms with E-state index in [1.54, 1.807) is 0 Å². The summed E-state index contributed by atoms with van der Waals surface area (Å²) in [5.41, 5.74) is 0. The molecule has 0 N–H and O–H groups in total. The van der Waals surface area contributed by atoms with Gasteiger partial charge in [0.25, 0.3) is 0 Å². The molecule has 0 bridgehead atoms. The predicted octanol–water partition coefficient (Wildman–Crippen LogP) is 6.98. The monoisotopic (exact) mass is 328 g/mol. The first-order valence-corrected chi connectivity index (χ1v) is 10.2. The zero-order valence-corrected chi connectivity index (χ0v) is 15.7. The van der Waals surface area contributed by atoms with Gasteiger partial charge in [0.2, 0.25) is 0 Å². The Kier molecular flexibility index (Phi) is 7.35. The van der Waals surface area contributed by atoms with Gasteiger partial charge >= 0.3 is 0 Å². The maximum Gasteiger partial charge on any atom is 0.134 e. The van der Waals surface area contributed by atoms with Crippen LogP contribution in [0.25, 0.3) is 0 Å². The van der Waals surface area contributed by atoms with Gasteiger partial charge in [-0.1, -0.05) is 53.4 Å². The number of hydrogen-bond donors (Lipinski definition) is 0. The topological polar surface area (TPSA) is 0 Å². The summed E-state index contributed by atoms with van der Waals surface area (Å²) < 4.78 is 29.8. The normalized spacial score (nSPS) is 40.3. The summed E-state index contributed by atoms with van der Waals surface area (Å²) >= 11 is 0. The molecule has 5 atom stereocenters. The lowest BCUT2D eigenvalue weighted by Crippen LogP contribution is -2.44. The minimum absolute atomic E-state index is 0.00338. The summed E-state index contributed by atoms with van der Waals surface area (Å²) in [5, 5.41) is 0. The van der Waals surface area contributed by atoms with Crippen molar-refractivity contribution < 1.29 is 8.78 Å². The molecule has 2 rings (SSSR count). The molecule has 2 heteroatoms. The highest BCUT2D eigenvalue weighted by Crippen LogP contribution is 2.46. The third kappa shape index (κ3) is 4.92. The van der Waals surface area contributed by atoms with Crippen molar-refractivity contribution in [1.82, 2.24) is 0 Å². The first-order valence-electron chi connectivity index (χ1n) is 10.2. The molecule has 0 amide bonds. The van der Waals surface area contributed by atoms with E-state index in [4.69, 9.17) is 0 Å². The van der Waals surface area contributed by atoms with Crippen molar-refractivity contribution in [2.24, 2.45) is 35.5 Å². The predicted molar refractivity (Wildman–Crippen MR) is 95.0 cm³/mol. The molecule has 2 fully saturated rings. The van der Waals surface area contributed by atoms with Crippen molar-refractivity contribution in [3.63, 3.8) is 0 Å². The zero-order valence-electron chi connectivity index (χ0n) is 15.7. The number of rotatable bonds is 6. The standard InChI is InChI=1S/C21H38F2/c1-5-16(9-6-14(2)3)18-12-13-19(21(23)20(18)22)17-10-7-15(4)8-11-17/h14-21H,5-13H2,1-4H3. The minimum atomic E-state index is -1.22. The molecule has 2 aliphatic carbocycles. The molecule has 2 aliphatic rings. The van der Waals surface area contributed by atoms with Crippen LogP contribution in [0.2, 0.25) is 0 Å². The van der Waals surface area contributed by atoms with E-state index in [0.717, 1.165) is 50.9 Å². The van der Waals surface area contributed by atoms with Crippen LogP contribution in [0.4, 0.5) is 8.78 Å². The van der Waals surface area contributed by atoms with Crippen molar-refractivity contribution in [1.29, 1.82) is 0 Å². The van der Waals surface area contributed by atoms with Crippen molar-refractivity contribution in [3.05, 3.63) is 0 Å². The SMILES string of the molecule is CCC(CCC(C)C)C1CCC(C2CCC(C)CC2)C(F)C1F. The largest absolute Gasteiger partial charge is 0.244 e. The first-order chi connectivity index (χ1) is 10.9. The van der Waals surface area contributed by atoms with Crippen LogP contribution in [0.1, 0.15) is 85.5 Å². The fraction of sp³-hybridized carbons (Fsp3) is 1.00. The van der Waals surface area contributed by atoms with Crippen molar-refractivity contribution in [3.8, 4) is 0 Å². The Morgan fingerprint density at radius 1 is 0.870 bits per heavy atom. The van der Waals surface area contributed by atoms with Crippen LogP contribution in [0.15, 0.2) is 0 Å². The van der Waals surface area contributed by atoms with E-state index >= 15 is 0 Å². The maximum absolute atomic E-state index is 14.9. The quantitative estimate of drug-likeness (QED) is 0.493. The van der Waals surface area contributed by atoms with Gasteiger partial charge in [0, 0.05) is 0 Å². The second-order valence-electron chi connectivity index (χ2n) is 8.95. The molecule has 2 saturated carbocycles. The lowest BCUT2D eigenvalue weighted by atomic mass is 9.65. The Balaban J connectivity index is 1.93. The zero-order chi connectivity index (χ0) is 17.0. The van der Waals surface area contributed by atoms with Crippen molar-refractivity contribution >= 4 is 0 Å². The van der Waals surface area contributed by atoms with Gasteiger partial charge in [-0.2, -0.15) is 0 Å². The Bertz CT molecular complexity index is 333. The van der Waals surface area contributed by atoms with Crippen molar-refractivity contribution in [2.45, 2.75) is 97.8 Å². The number of halogens is 2. The molecule has 23 heavy (non-hydrogen) atoms. The van der Waals surface area contributed by atoms with Gasteiger partial charge in [-0.25, -0.2) is 8.78 Å². The molecule has 0 aromatic heterocycles. The molecule has 0 saturated heterocycles. The van der Waals surface area contributed by atoms with Gasteiger partial charge in [-0.3, -0.25) is 0 Å². The number of alkyl halides is 2. The lowest BCUT2D eigenvalue weighted by Gasteiger charge is -2.43. The van der Waals surface area contributed by atoms with Crippen LogP contribution < -0.4 is 0 Å². The molecule has 5 unspecified atom stereocenters. The van der Waals surface area contributed by atoms with Crippen LogP contribution in [-0.2, 0) is 0 Å². The molecular weight excluding hydrogens is 290 g/mol. The highest BCUT2D eigenvalue weighted by molar-refractivity contribution is 4.94. The minimum Gasteiger partial charge on any atom is -0.244 e. The summed E-state index contributed by atoms with van der Waals surface area (Å²) in [5.74, 6) is 2.21. The Morgan fingerprint density at radius 3 is 2.09 bits per heavy atom. The van der Waals surface area contributed by atoms with Crippen LogP contribution >= 0.6 is 0 Å². The molecule has 0 aliphatic heterocycles. The van der Waals surface area contributed by atoms with E-state index in [-0.39, 0.29) is 11.8 Å². The maximum atomic E-state index is 14.9. The molecule has 0 aromatic rings. The van der Waals surface area contributed by atoms with Crippen molar-refractivity contribution in [2.75, 3.05) is 0 Å². The Labute approximate surface area is 142 Å². The van der Waals surface area contributed by atoms with Gasteiger partial charge in [-0.15, -0.1) is 0 Å². The highest BCUT2D eigenvalue weighted by Gasteiger charge is 2.45. The summed E-state index contributed by atoms with van der Waals surface area (Å²) in [6.45, 7) is 8.88. The third-order valence-electron chi connectivity index (χ3n) is 6.87. The van der Waals surface area contributed by atoms with Crippen LogP contribution in [-0.4, -0.2) is 12.3 Å². The number of hydrogen-bond acceptors (Lipinski definition) is 0. The van der Waals surface area contributed by atoms with Gasteiger partial charge in [0.15, 0.2) is 0 Å². The fourth-order valence-electron chi connectivity index (χ4n) is 5.15. The molecule has 0 nitrogen and oxygen atoms in total. The van der Waals surface area contributed by atoms with Crippen LogP contribution in [0.5, 0.6) is 0 Å². The van der Waals surface area contributed by atoms with Gasteiger partial charge < -0.3 is 0 Å². The van der Waals surface area contributed by atoms with E-state index in [1.165, 1.54) is 12.8 Å². The van der Waals surface area contributed by atoms with E-state index < -0.39 is 12.3 Å². The summed E-state index contributed by atoms with van der Waals surface area (Å²) in [7, 11) is 0. The van der Waals surface area contributed by atoms with E-state index in [9.17, 15) is 8.78 Å². The molecule has 0 aromatic carbocycles. The molecule has 136 valence electrons. The van der Waals surface area contributed by atoms with E-state index in [0.29, 0.717) is 17.8 Å². The highest BCUT2D eigenvalue weighted by atomic mass is 19.2. The molecular formula is C21H38F2. The molecule has 0 radical (unpaired) electrons. The summed E-state index contributed by atoms with van der Waals surface area (Å²) in [6, 6.07) is 0. The average Bonchev–Trinajstić information content (AvgIpc) is 2.52. The summed E-state index contributed by atoms with van der Waals surface area (Å²) in [6.07, 6.45) is 7.27. The molecule has 0 spiro atoms. The Hall–Kier alpha value is -0.140. The van der Waals surface area contributed by atoms with Crippen LogP contribution in [0.3, 0.4) is 0 Å². The first kappa shape index (κ1) is 19.2. The molecule has 0 heterocycles. The van der Waals surface area contributed by atoms with Gasteiger partial charge in [0.1, 0.15) is 12.3 Å². The van der Waals surface area contributed by atoms with Gasteiger partial charge in [-0.05, 0) is 67.6 Å². The van der Waals surface area contributed by atoms with Crippen LogP contribution in [0, 0.1) is 35.5 Å². The van der Waals surface area contributed by atoms with E-state index in [2.05, 4.69) is 27.7 Å². The lowest BCUT2D eigenvalue weighted by molar-refractivity contribution is -0.0314. The Morgan fingerprint density at radius 2 is 1.52 bits per heavy atom. The average molecular weight is 329 g/mol. The second kappa shape index (κ2) is 8.81. The fourth-order valence-corrected chi connectivity index (χ4v) is 5.15. The van der Waals surface area contributed by atoms with E-state index in [1.807, 2.05) is 0 Å². The second-order valence-corrected chi connectivity index (χ2v) is 8.95. The summed E-state index contributed by atoms with van der Waals surface area (Å²) in [4.78, 5) is 0. The smallest absolute Gasteiger partial charge is 0.134 e. The third-order valence-corrected chi connectivity index (χ3v) is 6.87. The van der Waals surface area contributed by atoms with Gasteiger partial charge in [0.05, 0.1) is 0 Å².